The highest BCUT2D eigenvalue weighted by molar-refractivity contribution is 7.98. The lowest BCUT2D eigenvalue weighted by atomic mass is 10.1. The Kier molecular flexibility index (Phi) is 4.96. The van der Waals surface area contributed by atoms with Crippen molar-refractivity contribution in [3.63, 3.8) is 0 Å². The van der Waals surface area contributed by atoms with Crippen LogP contribution in [-0.4, -0.2) is 12.9 Å². The van der Waals surface area contributed by atoms with E-state index in [0.717, 1.165) is 17.7 Å². The van der Waals surface area contributed by atoms with E-state index in [1.807, 2.05) is 0 Å². The maximum Gasteiger partial charge on any atom is 0.159 e. The molecule has 0 radical (unpaired) electrons. The normalized spacial score (nSPS) is 10.5. The molecule has 21 heavy (non-hydrogen) atoms. The lowest BCUT2D eigenvalue weighted by Gasteiger charge is -2.10. The third-order valence-corrected chi connectivity index (χ3v) is 4.01. The van der Waals surface area contributed by atoms with Crippen LogP contribution in [0, 0.1) is 11.6 Å². The van der Waals surface area contributed by atoms with Crippen LogP contribution < -0.4 is 4.74 Å². The van der Waals surface area contributed by atoms with Gasteiger partial charge in [0.05, 0.1) is 7.11 Å². The van der Waals surface area contributed by atoms with Crippen LogP contribution in [0.3, 0.4) is 0 Å². The standard InChI is InChI=1S/C16H14F2O2S/c1-10(19)11-3-6-16(20-2)12(7-11)9-21-13-4-5-14(17)15(18)8-13/h3-8H,9H2,1-2H3. The summed E-state index contributed by atoms with van der Waals surface area (Å²) in [5.74, 6) is -0.609. The second-order valence-electron chi connectivity index (χ2n) is 4.45. The number of hydrogen-bond donors (Lipinski definition) is 0. The number of thioether (sulfide) groups is 1. The molecule has 110 valence electrons. The van der Waals surface area contributed by atoms with Gasteiger partial charge < -0.3 is 4.74 Å². The fourth-order valence-corrected chi connectivity index (χ4v) is 2.74. The highest BCUT2D eigenvalue weighted by atomic mass is 32.2. The zero-order valence-electron chi connectivity index (χ0n) is 11.7. The SMILES string of the molecule is COc1ccc(C(C)=O)cc1CSc1ccc(F)c(F)c1. The van der Waals surface area contributed by atoms with E-state index in [4.69, 9.17) is 4.74 Å². The molecule has 2 aromatic carbocycles. The Morgan fingerprint density at radius 2 is 1.90 bits per heavy atom. The van der Waals surface area contributed by atoms with Crippen LogP contribution in [0.15, 0.2) is 41.3 Å². The summed E-state index contributed by atoms with van der Waals surface area (Å²) >= 11 is 1.35. The van der Waals surface area contributed by atoms with Crippen molar-refractivity contribution < 1.29 is 18.3 Å². The Hall–Kier alpha value is -1.88. The molecule has 5 heteroatoms. The Morgan fingerprint density at radius 3 is 2.52 bits per heavy atom. The van der Waals surface area contributed by atoms with Gasteiger partial charge in [-0.1, -0.05) is 0 Å². The van der Waals surface area contributed by atoms with Crippen molar-refractivity contribution in [3.8, 4) is 5.75 Å². The predicted octanol–water partition coefficient (Wildman–Crippen LogP) is 4.47. The lowest BCUT2D eigenvalue weighted by Crippen LogP contribution is -1.97. The highest BCUT2D eigenvalue weighted by Crippen LogP contribution is 2.29. The van der Waals surface area contributed by atoms with Gasteiger partial charge in [-0.15, -0.1) is 11.8 Å². The molecule has 0 atom stereocenters. The molecule has 0 N–H and O–H groups in total. The Labute approximate surface area is 126 Å². The summed E-state index contributed by atoms with van der Waals surface area (Å²) in [6, 6.07) is 8.96. The second-order valence-corrected chi connectivity index (χ2v) is 5.50. The number of Topliss-reactive ketones (excluding diaryl/α,β-unsaturated/α-hetero) is 1. The Balaban J connectivity index is 2.19. The third kappa shape index (κ3) is 3.82. The van der Waals surface area contributed by atoms with Crippen LogP contribution in [0.4, 0.5) is 8.78 Å². The van der Waals surface area contributed by atoms with Gasteiger partial charge in [0.1, 0.15) is 5.75 Å². The van der Waals surface area contributed by atoms with Crippen molar-refractivity contribution in [1.29, 1.82) is 0 Å². The summed E-state index contributed by atoms with van der Waals surface area (Å²) in [5, 5.41) is 0. The average molecular weight is 308 g/mol. The molecule has 0 heterocycles. The summed E-state index contributed by atoms with van der Waals surface area (Å²) in [5.41, 5.74) is 1.43. The van der Waals surface area contributed by atoms with E-state index in [-0.39, 0.29) is 5.78 Å². The minimum Gasteiger partial charge on any atom is -0.496 e. The summed E-state index contributed by atoms with van der Waals surface area (Å²) in [6.07, 6.45) is 0. The van der Waals surface area contributed by atoms with E-state index in [1.165, 1.54) is 24.8 Å². The van der Waals surface area contributed by atoms with Gasteiger partial charge in [0.25, 0.3) is 0 Å². The van der Waals surface area contributed by atoms with E-state index in [1.54, 1.807) is 25.3 Å². The van der Waals surface area contributed by atoms with Gasteiger partial charge >= 0.3 is 0 Å². The van der Waals surface area contributed by atoms with Crippen molar-refractivity contribution in [2.24, 2.45) is 0 Å². The molecular formula is C16H14F2O2S. The van der Waals surface area contributed by atoms with Gasteiger partial charge in [-0.05, 0) is 43.3 Å². The van der Waals surface area contributed by atoms with E-state index in [9.17, 15) is 13.6 Å². The fourth-order valence-electron chi connectivity index (χ4n) is 1.84. The van der Waals surface area contributed by atoms with Crippen LogP contribution in [0.1, 0.15) is 22.8 Å². The number of carbonyl (C=O) groups excluding carboxylic acids is 1. The van der Waals surface area contributed by atoms with Gasteiger partial charge in [0.2, 0.25) is 0 Å². The quantitative estimate of drug-likeness (QED) is 0.602. The molecule has 0 spiro atoms. The minimum absolute atomic E-state index is 0.0308. The highest BCUT2D eigenvalue weighted by Gasteiger charge is 2.09. The molecule has 0 unspecified atom stereocenters. The number of rotatable bonds is 5. The number of ketones is 1. The van der Waals surface area contributed by atoms with Crippen molar-refractivity contribution in [2.45, 2.75) is 17.6 Å². The number of halogens is 2. The third-order valence-electron chi connectivity index (χ3n) is 2.97. The monoisotopic (exact) mass is 308 g/mol. The molecule has 0 aromatic heterocycles. The topological polar surface area (TPSA) is 26.3 Å². The van der Waals surface area contributed by atoms with E-state index in [2.05, 4.69) is 0 Å². The number of benzene rings is 2. The molecule has 0 saturated heterocycles. The van der Waals surface area contributed by atoms with E-state index >= 15 is 0 Å². The predicted molar refractivity (Wildman–Crippen MR) is 78.9 cm³/mol. The van der Waals surface area contributed by atoms with Crippen LogP contribution in [0.2, 0.25) is 0 Å². The van der Waals surface area contributed by atoms with Gasteiger partial charge in [-0.3, -0.25) is 4.79 Å². The molecule has 0 aliphatic heterocycles. The number of ether oxygens (including phenoxy) is 1. The van der Waals surface area contributed by atoms with Crippen LogP contribution in [0.5, 0.6) is 5.75 Å². The molecule has 0 aliphatic carbocycles. The average Bonchev–Trinajstić information content (AvgIpc) is 2.48. The van der Waals surface area contributed by atoms with Crippen LogP contribution in [-0.2, 0) is 5.75 Å². The van der Waals surface area contributed by atoms with Crippen molar-refractivity contribution in [1.82, 2.24) is 0 Å². The van der Waals surface area contributed by atoms with Crippen LogP contribution in [0.25, 0.3) is 0 Å². The second kappa shape index (κ2) is 6.72. The van der Waals surface area contributed by atoms with Gasteiger partial charge in [0, 0.05) is 21.8 Å². The minimum atomic E-state index is -0.871. The first kappa shape index (κ1) is 15.5. The first-order valence-corrected chi connectivity index (χ1v) is 7.25. The molecule has 0 aliphatic rings. The molecule has 0 bridgehead atoms. The van der Waals surface area contributed by atoms with E-state index < -0.39 is 11.6 Å². The van der Waals surface area contributed by atoms with Gasteiger partial charge in [-0.25, -0.2) is 8.78 Å². The summed E-state index contributed by atoms with van der Waals surface area (Å²) in [6.45, 7) is 1.49. The molecular weight excluding hydrogens is 294 g/mol. The van der Waals surface area contributed by atoms with Crippen molar-refractivity contribution >= 4 is 17.5 Å². The van der Waals surface area contributed by atoms with Crippen LogP contribution >= 0.6 is 11.8 Å². The Morgan fingerprint density at radius 1 is 1.14 bits per heavy atom. The number of methoxy groups -OCH3 is 1. The number of carbonyl (C=O) groups is 1. The first-order chi connectivity index (χ1) is 10.0. The molecule has 2 aromatic rings. The lowest BCUT2D eigenvalue weighted by molar-refractivity contribution is 0.101. The Bertz CT molecular complexity index is 671. The number of hydrogen-bond acceptors (Lipinski definition) is 3. The van der Waals surface area contributed by atoms with Crippen molar-refractivity contribution in [3.05, 3.63) is 59.2 Å². The van der Waals surface area contributed by atoms with Gasteiger partial charge in [0.15, 0.2) is 17.4 Å². The fraction of sp³-hybridized carbons (Fsp3) is 0.188. The smallest absolute Gasteiger partial charge is 0.159 e. The molecule has 2 rings (SSSR count). The zero-order chi connectivity index (χ0) is 15.4. The first-order valence-electron chi connectivity index (χ1n) is 6.27. The molecule has 0 saturated carbocycles. The van der Waals surface area contributed by atoms with Crippen molar-refractivity contribution in [2.75, 3.05) is 7.11 Å². The maximum atomic E-state index is 13.2. The molecule has 0 amide bonds. The largest absolute Gasteiger partial charge is 0.496 e. The maximum absolute atomic E-state index is 13.2. The van der Waals surface area contributed by atoms with Gasteiger partial charge in [-0.2, -0.15) is 0 Å². The molecule has 2 nitrogen and oxygen atoms in total. The van der Waals surface area contributed by atoms with E-state index in [0.29, 0.717) is 22.0 Å². The zero-order valence-corrected chi connectivity index (χ0v) is 12.5. The summed E-state index contributed by atoms with van der Waals surface area (Å²) < 4.78 is 31.3. The molecule has 0 fully saturated rings. The summed E-state index contributed by atoms with van der Waals surface area (Å²) in [7, 11) is 1.55. The summed E-state index contributed by atoms with van der Waals surface area (Å²) in [4.78, 5) is 12.0.